The number of rotatable bonds is 6. The minimum Gasteiger partial charge on any atom is -0.480 e. The molecule has 0 unspecified atom stereocenters. The van der Waals surface area contributed by atoms with Crippen LogP contribution in [0.15, 0.2) is 6.07 Å². The Morgan fingerprint density at radius 1 is 1.35 bits per heavy atom. The Morgan fingerprint density at radius 2 is 1.95 bits per heavy atom. The van der Waals surface area contributed by atoms with Crippen molar-refractivity contribution in [3.63, 3.8) is 0 Å². The van der Waals surface area contributed by atoms with Crippen molar-refractivity contribution in [2.45, 2.75) is 53.6 Å². The normalized spacial score (nSPS) is 13.8. The van der Waals surface area contributed by atoms with E-state index in [1.807, 2.05) is 45.3 Å². The van der Waals surface area contributed by atoms with Crippen LogP contribution in [0.1, 0.15) is 48.9 Å². The highest BCUT2D eigenvalue weighted by atomic mass is 16.4. The average molecular weight is 280 g/mol. The van der Waals surface area contributed by atoms with Crippen molar-refractivity contribution in [1.82, 2.24) is 9.88 Å². The third-order valence-corrected chi connectivity index (χ3v) is 3.90. The first-order valence-electron chi connectivity index (χ1n) is 7.03. The summed E-state index contributed by atoms with van der Waals surface area (Å²) in [7, 11) is 0. The molecule has 1 aromatic heterocycles. The molecule has 2 N–H and O–H groups in total. The first-order chi connectivity index (χ1) is 9.33. The van der Waals surface area contributed by atoms with E-state index in [0.717, 1.165) is 17.9 Å². The van der Waals surface area contributed by atoms with Crippen LogP contribution in [0.3, 0.4) is 0 Å². The van der Waals surface area contributed by atoms with Crippen LogP contribution in [0.4, 0.5) is 0 Å². The van der Waals surface area contributed by atoms with Gasteiger partial charge in [-0.15, -0.1) is 0 Å². The number of hydrogen-bond donors (Lipinski definition) is 2. The van der Waals surface area contributed by atoms with Gasteiger partial charge in [0.1, 0.15) is 6.04 Å². The summed E-state index contributed by atoms with van der Waals surface area (Å²) in [6.45, 7) is 10.4. The Labute approximate surface area is 120 Å². The minimum absolute atomic E-state index is 0.105. The van der Waals surface area contributed by atoms with Crippen LogP contribution in [0.25, 0.3) is 0 Å². The van der Waals surface area contributed by atoms with Gasteiger partial charge >= 0.3 is 5.97 Å². The smallest absolute Gasteiger partial charge is 0.326 e. The van der Waals surface area contributed by atoms with Crippen molar-refractivity contribution in [1.29, 1.82) is 0 Å². The lowest BCUT2D eigenvalue weighted by Crippen LogP contribution is -2.45. The van der Waals surface area contributed by atoms with Gasteiger partial charge in [-0.25, -0.2) is 4.79 Å². The summed E-state index contributed by atoms with van der Waals surface area (Å²) in [4.78, 5) is 23.6. The molecular weight excluding hydrogens is 256 g/mol. The van der Waals surface area contributed by atoms with E-state index in [2.05, 4.69) is 5.32 Å². The van der Waals surface area contributed by atoms with Gasteiger partial charge in [0.15, 0.2) is 0 Å². The molecule has 1 rings (SSSR count). The van der Waals surface area contributed by atoms with Crippen LogP contribution in [0, 0.1) is 19.8 Å². The zero-order valence-corrected chi connectivity index (χ0v) is 12.9. The highest BCUT2D eigenvalue weighted by Crippen LogP contribution is 2.16. The van der Waals surface area contributed by atoms with Crippen LogP contribution < -0.4 is 5.32 Å². The fourth-order valence-corrected chi connectivity index (χ4v) is 2.42. The summed E-state index contributed by atoms with van der Waals surface area (Å²) in [5.74, 6) is -1.41. The number of aryl methyl sites for hydroxylation is 1. The Balaban J connectivity index is 2.98. The van der Waals surface area contributed by atoms with E-state index in [0.29, 0.717) is 12.0 Å². The third kappa shape index (κ3) is 3.21. The van der Waals surface area contributed by atoms with Crippen molar-refractivity contribution < 1.29 is 14.7 Å². The van der Waals surface area contributed by atoms with Gasteiger partial charge in [0.2, 0.25) is 0 Å². The Kier molecular flexibility index (Phi) is 5.36. The van der Waals surface area contributed by atoms with Crippen molar-refractivity contribution in [3.8, 4) is 0 Å². The molecule has 0 saturated carbocycles. The van der Waals surface area contributed by atoms with Gasteiger partial charge in [0.05, 0.1) is 5.56 Å². The van der Waals surface area contributed by atoms with Crippen molar-refractivity contribution in [3.05, 3.63) is 23.0 Å². The molecule has 0 saturated heterocycles. The standard InChI is InChI=1S/C15H24N2O3/c1-6-9(3)13(15(19)20)16-14(18)12-8-10(4)17(7-2)11(12)5/h8-9,13H,6-7H2,1-5H3,(H,16,18)(H,19,20)/t9-,13-/m0/s1. The lowest BCUT2D eigenvalue weighted by atomic mass is 9.99. The van der Waals surface area contributed by atoms with Gasteiger partial charge in [-0.1, -0.05) is 20.3 Å². The second kappa shape index (κ2) is 6.59. The SMILES string of the molecule is CC[C@H](C)[C@H](NC(=O)c1cc(C)n(CC)c1C)C(=O)O. The fourth-order valence-electron chi connectivity index (χ4n) is 2.42. The number of carbonyl (C=O) groups excluding carboxylic acids is 1. The largest absolute Gasteiger partial charge is 0.480 e. The molecule has 0 aliphatic carbocycles. The molecular formula is C15H24N2O3. The van der Waals surface area contributed by atoms with Gasteiger partial charge in [-0.3, -0.25) is 4.79 Å². The van der Waals surface area contributed by atoms with Crippen molar-refractivity contribution >= 4 is 11.9 Å². The van der Waals surface area contributed by atoms with Crippen LogP contribution in [0.5, 0.6) is 0 Å². The molecule has 0 aromatic carbocycles. The van der Waals surface area contributed by atoms with E-state index in [1.54, 1.807) is 0 Å². The van der Waals surface area contributed by atoms with Crippen molar-refractivity contribution in [2.24, 2.45) is 5.92 Å². The summed E-state index contributed by atoms with van der Waals surface area (Å²) in [5, 5.41) is 11.9. The average Bonchev–Trinajstić information content (AvgIpc) is 2.69. The van der Waals surface area contributed by atoms with Gasteiger partial charge in [-0.2, -0.15) is 0 Å². The number of nitrogens with zero attached hydrogens (tertiary/aromatic N) is 1. The number of hydrogen-bond acceptors (Lipinski definition) is 2. The molecule has 1 amide bonds. The summed E-state index contributed by atoms with van der Waals surface area (Å²) in [6.07, 6.45) is 0.700. The maximum atomic E-state index is 12.3. The molecule has 0 fully saturated rings. The summed E-state index contributed by atoms with van der Waals surface area (Å²) < 4.78 is 2.04. The Hall–Kier alpha value is -1.78. The number of carbonyl (C=O) groups is 2. The quantitative estimate of drug-likeness (QED) is 0.840. The monoisotopic (exact) mass is 280 g/mol. The Morgan fingerprint density at radius 3 is 2.35 bits per heavy atom. The first-order valence-corrected chi connectivity index (χ1v) is 7.03. The second-order valence-corrected chi connectivity index (χ2v) is 5.20. The summed E-state index contributed by atoms with van der Waals surface area (Å²) in [5.41, 5.74) is 2.43. The molecule has 2 atom stereocenters. The van der Waals surface area contributed by atoms with Crippen LogP contribution in [-0.2, 0) is 11.3 Å². The maximum absolute atomic E-state index is 12.3. The molecule has 0 spiro atoms. The molecule has 0 aliphatic rings. The highest BCUT2D eigenvalue weighted by Gasteiger charge is 2.27. The summed E-state index contributed by atoms with van der Waals surface area (Å²) >= 11 is 0. The number of carboxylic acids is 1. The van der Waals surface area contributed by atoms with E-state index in [-0.39, 0.29) is 11.8 Å². The van der Waals surface area contributed by atoms with Gasteiger partial charge in [0, 0.05) is 17.9 Å². The predicted octanol–water partition coefficient (Wildman–Crippen LogP) is 2.35. The molecule has 0 radical (unpaired) electrons. The number of aromatic nitrogens is 1. The maximum Gasteiger partial charge on any atom is 0.326 e. The van der Waals surface area contributed by atoms with Crippen molar-refractivity contribution in [2.75, 3.05) is 0 Å². The van der Waals surface area contributed by atoms with E-state index in [4.69, 9.17) is 0 Å². The molecule has 112 valence electrons. The molecule has 1 aromatic rings. The highest BCUT2D eigenvalue weighted by molar-refractivity contribution is 5.97. The number of carboxylic acid groups (broad SMARTS) is 1. The minimum atomic E-state index is -0.989. The van der Waals surface area contributed by atoms with Gasteiger partial charge in [-0.05, 0) is 32.8 Å². The Bertz CT molecular complexity index is 505. The molecule has 5 nitrogen and oxygen atoms in total. The van der Waals surface area contributed by atoms with Crippen LogP contribution in [-0.4, -0.2) is 27.6 Å². The van der Waals surface area contributed by atoms with E-state index < -0.39 is 12.0 Å². The number of aliphatic carboxylic acids is 1. The van der Waals surface area contributed by atoms with Gasteiger partial charge in [0.25, 0.3) is 5.91 Å². The van der Waals surface area contributed by atoms with E-state index >= 15 is 0 Å². The molecule has 1 heterocycles. The topological polar surface area (TPSA) is 71.3 Å². The first kappa shape index (κ1) is 16.3. The molecule has 0 bridgehead atoms. The molecule has 5 heteroatoms. The van der Waals surface area contributed by atoms with E-state index in [1.165, 1.54) is 0 Å². The zero-order chi connectivity index (χ0) is 15.4. The lowest BCUT2D eigenvalue weighted by Gasteiger charge is -2.20. The van der Waals surface area contributed by atoms with Crippen LogP contribution >= 0.6 is 0 Å². The van der Waals surface area contributed by atoms with E-state index in [9.17, 15) is 14.7 Å². The number of amides is 1. The third-order valence-electron chi connectivity index (χ3n) is 3.90. The predicted molar refractivity (Wildman–Crippen MR) is 77.9 cm³/mol. The zero-order valence-electron chi connectivity index (χ0n) is 12.9. The number of nitrogens with one attached hydrogen (secondary N) is 1. The molecule has 0 aliphatic heterocycles. The molecule has 20 heavy (non-hydrogen) atoms. The van der Waals surface area contributed by atoms with Crippen LogP contribution in [0.2, 0.25) is 0 Å². The fraction of sp³-hybridized carbons (Fsp3) is 0.600. The summed E-state index contributed by atoms with van der Waals surface area (Å²) in [6, 6.07) is 0.959. The lowest BCUT2D eigenvalue weighted by molar-refractivity contribution is -0.140. The second-order valence-electron chi connectivity index (χ2n) is 5.20. The van der Waals surface area contributed by atoms with Gasteiger partial charge < -0.3 is 15.0 Å².